The first-order chi connectivity index (χ1) is 45.6. The van der Waals surface area contributed by atoms with Gasteiger partial charge in [-0.25, -0.2) is 4.79 Å². The lowest BCUT2D eigenvalue weighted by Crippen LogP contribution is -2.68. The number of carbonyl (C=O) groups is 8. The summed E-state index contributed by atoms with van der Waals surface area (Å²) >= 11 is 2.94. The molecule has 512 valence electrons. The summed E-state index contributed by atoms with van der Waals surface area (Å²) in [5.41, 5.74) is 6.09. The van der Waals surface area contributed by atoms with Crippen molar-refractivity contribution in [3.63, 3.8) is 0 Å². The molecule has 2 fully saturated rings. The number of hydrogen-bond acceptors (Lipinski definition) is 20. The van der Waals surface area contributed by atoms with Crippen molar-refractivity contribution in [1.82, 2.24) is 26.6 Å². The summed E-state index contributed by atoms with van der Waals surface area (Å²) in [6.07, 6.45) is -11.9. The Balaban J connectivity index is 0.744. The van der Waals surface area contributed by atoms with Crippen molar-refractivity contribution in [3.8, 4) is 22.3 Å². The second kappa shape index (κ2) is 37.2. The van der Waals surface area contributed by atoms with Crippen LogP contribution in [0.5, 0.6) is 0 Å². The number of benzene rings is 5. The van der Waals surface area contributed by atoms with Crippen LogP contribution in [0.4, 0.5) is 0 Å². The van der Waals surface area contributed by atoms with Gasteiger partial charge in [-0.15, -0.1) is 0 Å². The molecule has 2 aliphatic rings. The van der Waals surface area contributed by atoms with Gasteiger partial charge in [0.25, 0.3) is 17.6 Å². The lowest BCUT2D eigenvalue weighted by atomic mass is 9.88. The van der Waals surface area contributed by atoms with Crippen LogP contribution in [0.15, 0.2) is 133 Å². The van der Waals surface area contributed by atoms with E-state index < -0.39 is 122 Å². The van der Waals surface area contributed by atoms with Crippen LogP contribution >= 0.6 is 23.5 Å². The second-order valence-electron chi connectivity index (χ2n) is 23.3. The zero-order valence-electron chi connectivity index (χ0n) is 52.9. The van der Waals surface area contributed by atoms with Crippen molar-refractivity contribution in [3.05, 3.63) is 156 Å². The lowest BCUT2D eigenvalue weighted by molar-refractivity contribution is -0.310. The number of carboxylic acids is 1. The van der Waals surface area contributed by atoms with E-state index in [1.54, 1.807) is 48.5 Å². The fraction of sp³-hybridized carbons (Fsp3) is 0.449. The smallest absolute Gasteiger partial charge is 0.364 e. The number of aryl methyl sites for hydroxylation is 1. The van der Waals surface area contributed by atoms with Crippen LogP contribution < -0.4 is 26.6 Å². The van der Waals surface area contributed by atoms with E-state index in [9.17, 15) is 74.1 Å². The number of carbonyl (C=O) groups excluding carboxylic acids is 7. The third-order valence-corrected chi connectivity index (χ3v) is 18.2. The molecule has 0 bridgehead atoms. The quantitative estimate of drug-likeness (QED) is 0.0200. The number of Topliss-reactive ketones (excluding diaryl/α,β-unsaturated/α-hetero) is 1. The van der Waals surface area contributed by atoms with Gasteiger partial charge in [0.1, 0.15) is 30.2 Å². The molecule has 0 aliphatic carbocycles. The molecule has 2 aliphatic heterocycles. The van der Waals surface area contributed by atoms with E-state index in [2.05, 4.69) is 26.6 Å². The van der Waals surface area contributed by atoms with Gasteiger partial charge in [0.05, 0.1) is 49.7 Å². The van der Waals surface area contributed by atoms with Gasteiger partial charge in [0, 0.05) is 88.2 Å². The summed E-state index contributed by atoms with van der Waals surface area (Å²) in [6.45, 7) is 1.55. The largest absolute Gasteiger partial charge is 0.477 e. The molecule has 5 amide bonds. The molecule has 2 saturated heterocycles. The number of thioether (sulfide) groups is 2. The molecule has 12 N–H and O–H groups in total. The number of nitrogens with one attached hydrogen (secondary N) is 5. The minimum absolute atomic E-state index is 0.000470. The molecule has 0 unspecified atom stereocenters. The van der Waals surface area contributed by atoms with Gasteiger partial charge in [-0.05, 0) is 88.4 Å². The van der Waals surface area contributed by atoms with Gasteiger partial charge in [-0.3, -0.25) is 33.6 Å². The third kappa shape index (κ3) is 22.6. The third-order valence-electron chi connectivity index (χ3n) is 16.1. The van der Waals surface area contributed by atoms with Crippen molar-refractivity contribution in [1.29, 1.82) is 0 Å². The van der Waals surface area contributed by atoms with Crippen LogP contribution in [0, 0.1) is 0 Å². The van der Waals surface area contributed by atoms with Crippen LogP contribution in [0.2, 0.25) is 0 Å². The van der Waals surface area contributed by atoms with Crippen molar-refractivity contribution >= 4 is 71.1 Å². The summed E-state index contributed by atoms with van der Waals surface area (Å²) in [5.74, 6) is -6.50. The van der Waals surface area contributed by atoms with Gasteiger partial charge < -0.3 is 81.3 Å². The van der Waals surface area contributed by atoms with Gasteiger partial charge >= 0.3 is 5.97 Å². The Morgan fingerprint density at radius 1 is 0.558 bits per heavy atom. The summed E-state index contributed by atoms with van der Waals surface area (Å²) in [6, 6.07) is 37.6. The number of aliphatic hydroxyl groups is 6. The summed E-state index contributed by atoms with van der Waals surface area (Å²) in [5, 5.41) is 90.2. The summed E-state index contributed by atoms with van der Waals surface area (Å²) in [4.78, 5) is 101. The van der Waals surface area contributed by atoms with Crippen molar-refractivity contribution in [2.24, 2.45) is 0 Å². The molecule has 0 spiro atoms. The standard InChI is InChI=1S/C69H85N5O19S2/c1-43(76)73-59-54(79)37-68(42-75,92-63(59)61(84)56(81)40-71-65(86)51-24-20-49(21-25-51)47-11-5-3-6-12-47)90-31-9-33-94-35-29-53(78)28-19-45-15-17-46(18-16-45)39-70-58(83)30-36-95-34-10-32-91-69(67(88)89)38-55(80)60(74-44(2)77)64(93-69)62(85)57(82)41-72-66(87)52-26-22-50(23-27-52)48-13-7-4-8-14-48/h3-8,11-18,20-27,42,54-57,59-64,79-82,84-85H,9-10,19,28-41H2,1-2H3,(H,70,83)(H,71,86)(H,72,87)(H,73,76)(H,74,77)(H,88,89)/t54-,55+,56+,57+,59+,60-,61+,62+,63+,64+,68+,69+/m0/s1. The number of rotatable bonds is 37. The average molecular weight is 1350 g/mol. The van der Waals surface area contributed by atoms with E-state index in [4.69, 9.17) is 18.9 Å². The molecule has 5 aromatic rings. The zero-order valence-corrected chi connectivity index (χ0v) is 54.6. The molecule has 95 heavy (non-hydrogen) atoms. The van der Waals surface area contributed by atoms with Crippen LogP contribution in [-0.4, -0.2) is 205 Å². The summed E-state index contributed by atoms with van der Waals surface area (Å²) < 4.78 is 23.4. The predicted molar refractivity (Wildman–Crippen MR) is 354 cm³/mol. The van der Waals surface area contributed by atoms with E-state index in [-0.39, 0.29) is 49.9 Å². The molecule has 2 heterocycles. The Morgan fingerprint density at radius 3 is 1.49 bits per heavy atom. The Kier molecular flexibility index (Phi) is 29.3. The number of aliphatic hydroxyl groups excluding tert-OH is 6. The highest BCUT2D eigenvalue weighted by atomic mass is 32.2. The van der Waals surface area contributed by atoms with Crippen molar-refractivity contribution < 1.29 is 93.0 Å². The highest BCUT2D eigenvalue weighted by molar-refractivity contribution is 7.99. The minimum atomic E-state index is -2.47. The molecule has 26 heteroatoms. The lowest BCUT2D eigenvalue weighted by Gasteiger charge is -2.46. The van der Waals surface area contributed by atoms with Crippen molar-refractivity contribution in [2.45, 2.75) is 144 Å². The topological polar surface area (TPSA) is 375 Å². The Labute approximate surface area is 559 Å². The fourth-order valence-corrected chi connectivity index (χ4v) is 12.6. The van der Waals surface area contributed by atoms with E-state index >= 15 is 0 Å². The molecule has 5 aromatic carbocycles. The number of hydrogen-bond donors (Lipinski definition) is 12. The maximum Gasteiger partial charge on any atom is 0.364 e. The fourth-order valence-electron chi connectivity index (χ4n) is 10.9. The van der Waals surface area contributed by atoms with Gasteiger partial charge in [0.2, 0.25) is 23.5 Å². The SMILES string of the molecule is CC(=O)N[C@@H]1[C@H]([C@H](O)[C@H](O)CNC(=O)c2ccc(-c3ccccc3)cc2)O[C@@](OCCCSCCC(=O)NCc2ccc(CCC(=O)CCSCCCO[C@]3(C=O)C[C@H](O)[C@@H](NC(C)=O)[C@H]([C@H](O)[C@H](O)CNC(=O)c4ccc(-c5ccccc5)cc4)O3)cc2)(C(=O)O)C[C@H]1O. The second-order valence-corrected chi connectivity index (χ2v) is 25.8. The Morgan fingerprint density at radius 2 is 1.01 bits per heavy atom. The van der Waals surface area contributed by atoms with Crippen LogP contribution in [-0.2, 0) is 60.7 Å². The predicted octanol–water partition coefficient (Wildman–Crippen LogP) is 3.49. The molecule has 0 aromatic heterocycles. The number of ketones is 1. The number of aliphatic carboxylic acids is 1. The van der Waals surface area contributed by atoms with E-state index in [0.717, 1.165) is 40.3 Å². The molecule has 7 rings (SSSR count). The number of aldehydes is 1. The zero-order chi connectivity index (χ0) is 68.5. The van der Waals surface area contributed by atoms with Crippen LogP contribution in [0.25, 0.3) is 22.3 Å². The molecule has 12 atom stereocenters. The Hall–Kier alpha value is -7.44. The maximum absolute atomic E-state index is 13.0. The molecular formula is C69H85N5O19S2. The molecule has 0 saturated carbocycles. The van der Waals surface area contributed by atoms with Crippen LogP contribution in [0.3, 0.4) is 0 Å². The van der Waals surface area contributed by atoms with Gasteiger partial charge in [0.15, 0.2) is 6.29 Å². The van der Waals surface area contributed by atoms with E-state index in [1.165, 1.54) is 30.4 Å². The molecular weight excluding hydrogens is 1270 g/mol. The van der Waals surface area contributed by atoms with Gasteiger partial charge in [-0.1, -0.05) is 109 Å². The van der Waals surface area contributed by atoms with Crippen molar-refractivity contribution in [2.75, 3.05) is 49.3 Å². The first-order valence-corrected chi connectivity index (χ1v) is 33.8. The number of carboxylic acid groups (broad SMARTS) is 1. The van der Waals surface area contributed by atoms with Crippen LogP contribution in [0.1, 0.15) is 90.6 Å². The molecule has 0 radical (unpaired) electrons. The first-order valence-electron chi connectivity index (χ1n) is 31.4. The highest BCUT2D eigenvalue weighted by Crippen LogP contribution is 2.35. The molecule has 24 nitrogen and oxygen atoms in total. The van der Waals surface area contributed by atoms with E-state index in [1.807, 2.05) is 84.9 Å². The van der Waals surface area contributed by atoms with E-state index in [0.29, 0.717) is 67.0 Å². The Bertz CT molecular complexity index is 3300. The summed E-state index contributed by atoms with van der Waals surface area (Å²) in [7, 11) is 0. The minimum Gasteiger partial charge on any atom is -0.477 e. The first kappa shape index (κ1) is 74.9. The monoisotopic (exact) mass is 1350 g/mol. The highest BCUT2D eigenvalue weighted by Gasteiger charge is 2.56. The van der Waals surface area contributed by atoms with Gasteiger partial charge in [-0.2, -0.15) is 23.5 Å². The average Bonchev–Trinajstić information content (AvgIpc) is 0.781. The number of ether oxygens (including phenoxy) is 4. The normalized spacial score (nSPS) is 22.2. The maximum atomic E-state index is 13.0. The number of amides is 5.